The summed E-state index contributed by atoms with van der Waals surface area (Å²) in [6.45, 7) is 5.78. The number of hydrogen-bond acceptors (Lipinski definition) is 2. The first kappa shape index (κ1) is 18.1. The number of nitrogens with zero attached hydrogens (tertiary/aromatic N) is 1. The fourth-order valence-electron chi connectivity index (χ4n) is 4.44. The smallest absolute Gasteiger partial charge is 0.230 e. The van der Waals surface area contributed by atoms with Crippen LogP contribution in [0.3, 0.4) is 0 Å². The van der Waals surface area contributed by atoms with Gasteiger partial charge in [0, 0.05) is 25.9 Å². The van der Waals surface area contributed by atoms with Crippen molar-refractivity contribution in [1.82, 2.24) is 4.90 Å². The van der Waals surface area contributed by atoms with E-state index in [0.29, 0.717) is 5.91 Å². The Kier molecular flexibility index (Phi) is 5.20. The van der Waals surface area contributed by atoms with E-state index in [9.17, 15) is 4.79 Å². The van der Waals surface area contributed by atoms with E-state index < -0.39 is 0 Å². The molecule has 1 saturated heterocycles. The van der Waals surface area contributed by atoms with Crippen molar-refractivity contribution < 1.29 is 9.53 Å². The van der Waals surface area contributed by atoms with E-state index in [2.05, 4.69) is 61.2 Å². The minimum atomic E-state index is 0.0476. The summed E-state index contributed by atoms with van der Waals surface area (Å²) >= 11 is 0. The lowest BCUT2D eigenvalue weighted by Crippen LogP contribution is -2.44. The summed E-state index contributed by atoms with van der Waals surface area (Å²) < 4.78 is 6.26. The van der Waals surface area contributed by atoms with E-state index in [1.807, 2.05) is 0 Å². The summed E-state index contributed by atoms with van der Waals surface area (Å²) in [4.78, 5) is 15.2. The molecule has 1 atom stereocenters. The maximum atomic E-state index is 13.2. The summed E-state index contributed by atoms with van der Waals surface area (Å²) in [7, 11) is 0. The summed E-state index contributed by atoms with van der Waals surface area (Å²) in [5, 5.41) is 0. The number of piperidine rings is 1. The van der Waals surface area contributed by atoms with Crippen LogP contribution < -0.4 is 4.74 Å². The molecule has 3 heteroatoms. The molecule has 27 heavy (non-hydrogen) atoms. The topological polar surface area (TPSA) is 29.5 Å². The SMILES string of the molecule is Cc1ccc(C)c(OC2CCN(C(=O)[C@H]3CCCc4ccccc43)CC2)c1. The van der Waals surface area contributed by atoms with Crippen LogP contribution in [0.25, 0.3) is 0 Å². The third-order valence-corrected chi connectivity index (χ3v) is 6.06. The van der Waals surface area contributed by atoms with Crippen LogP contribution in [0.2, 0.25) is 0 Å². The molecule has 0 aromatic heterocycles. The van der Waals surface area contributed by atoms with Crippen molar-refractivity contribution in [3.8, 4) is 5.75 Å². The molecule has 2 aliphatic rings. The minimum Gasteiger partial charge on any atom is -0.490 e. The third kappa shape index (κ3) is 3.87. The van der Waals surface area contributed by atoms with Crippen LogP contribution in [-0.4, -0.2) is 30.0 Å². The molecule has 1 aliphatic heterocycles. The number of hydrogen-bond donors (Lipinski definition) is 0. The summed E-state index contributed by atoms with van der Waals surface area (Å²) in [6.07, 6.45) is 5.22. The Morgan fingerprint density at radius 3 is 2.63 bits per heavy atom. The van der Waals surface area contributed by atoms with Crippen molar-refractivity contribution in [1.29, 1.82) is 0 Å². The predicted octanol–water partition coefficient (Wildman–Crippen LogP) is 4.79. The van der Waals surface area contributed by atoms with Gasteiger partial charge in [-0.1, -0.05) is 36.4 Å². The molecule has 1 heterocycles. The Morgan fingerprint density at radius 2 is 1.81 bits per heavy atom. The second-order valence-corrected chi connectivity index (χ2v) is 8.06. The van der Waals surface area contributed by atoms with Crippen molar-refractivity contribution in [3.63, 3.8) is 0 Å². The highest BCUT2D eigenvalue weighted by Crippen LogP contribution is 2.34. The number of amides is 1. The Balaban J connectivity index is 1.38. The number of fused-ring (bicyclic) bond motifs is 1. The zero-order chi connectivity index (χ0) is 18.8. The van der Waals surface area contributed by atoms with Gasteiger partial charge in [0.1, 0.15) is 11.9 Å². The maximum Gasteiger partial charge on any atom is 0.230 e. The van der Waals surface area contributed by atoms with Gasteiger partial charge in [-0.2, -0.15) is 0 Å². The van der Waals surface area contributed by atoms with Crippen molar-refractivity contribution in [3.05, 3.63) is 64.7 Å². The molecule has 0 unspecified atom stereocenters. The molecule has 0 N–H and O–H groups in total. The lowest BCUT2D eigenvalue weighted by atomic mass is 9.82. The van der Waals surface area contributed by atoms with Crippen LogP contribution >= 0.6 is 0 Å². The number of carbonyl (C=O) groups is 1. The zero-order valence-electron chi connectivity index (χ0n) is 16.4. The number of benzene rings is 2. The number of aryl methyl sites for hydroxylation is 3. The van der Waals surface area contributed by atoms with E-state index >= 15 is 0 Å². The molecule has 1 fully saturated rings. The van der Waals surface area contributed by atoms with Gasteiger partial charge < -0.3 is 9.64 Å². The highest BCUT2D eigenvalue weighted by Gasteiger charge is 2.32. The van der Waals surface area contributed by atoms with Crippen molar-refractivity contribution >= 4 is 5.91 Å². The van der Waals surface area contributed by atoms with E-state index in [4.69, 9.17) is 4.74 Å². The highest BCUT2D eigenvalue weighted by molar-refractivity contribution is 5.84. The summed E-state index contributed by atoms with van der Waals surface area (Å²) in [5.41, 5.74) is 5.01. The molecule has 1 amide bonds. The zero-order valence-corrected chi connectivity index (χ0v) is 16.4. The fraction of sp³-hybridized carbons (Fsp3) is 0.458. The number of ether oxygens (including phenoxy) is 1. The van der Waals surface area contributed by atoms with Gasteiger partial charge in [0.15, 0.2) is 0 Å². The van der Waals surface area contributed by atoms with Crippen LogP contribution in [0.5, 0.6) is 5.75 Å². The van der Waals surface area contributed by atoms with E-state index in [1.165, 1.54) is 22.3 Å². The molecular formula is C24H29NO2. The summed E-state index contributed by atoms with van der Waals surface area (Å²) in [5.74, 6) is 1.35. The average molecular weight is 364 g/mol. The minimum absolute atomic E-state index is 0.0476. The van der Waals surface area contributed by atoms with Gasteiger partial charge in [0.2, 0.25) is 5.91 Å². The van der Waals surface area contributed by atoms with Crippen LogP contribution in [0.15, 0.2) is 42.5 Å². The largest absolute Gasteiger partial charge is 0.490 e. The molecule has 0 spiro atoms. The van der Waals surface area contributed by atoms with Gasteiger partial charge in [-0.15, -0.1) is 0 Å². The Hall–Kier alpha value is -2.29. The third-order valence-electron chi connectivity index (χ3n) is 6.06. The Labute approximate surface area is 162 Å². The van der Waals surface area contributed by atoms with Crippen LogP contribution in [0.4, 0.5) is 0 Å². The summed E-state index contributed by atoms with van der Waals surface area (Å²) in [6, 6.07) is 14.8. The second-order valence-electron chi connectivity index (χ2n) is 8.06. The van der Waals surface area contributed by atoms with Gasteiger partial charge in [-0.3, -0.25) is 4.79 Å². The van der Waals surface area contributed by atoms with Gasteiger partial charge in [-0.25, -0.2) is 0 Å². The van der Waals surface area contributed by atoms with Crippen molar-refractivity contribution in [2.75, 3.05) is 13.1 Å². The van der Waals surface area contributed by atoms with Gasteiger partial charge >= 0.3 is 0 Å². The lowest BCUT2D eigenvalue weighted by molar-refractivity contribution is -0.135. The molecule has 4 rings (SSSR count). The predicted molar refractivity (Wildman–Crippen MR) is 108 cm³/mol. The van der Waals surface area contributed by atoms with E-state index in [0.717, 1.165) is 50.9 Å². The van der Waals surface area contributed by atoms with E-state index in [1.54, 1.807) is 0 Å². The van der Waals surface area contributed by atoms with Crippen molar-refractivity contribution in [2.45, 2.75) is 58.0 Å². The molecule has 0 saturated carbocycles. The van der Waals surface area contributed by atoms with Gasteiger partial charge in [-0.05, 0) is 61.4 Å². The van der Waals surface area contributed by atoms with Crippen LogP contribution in [0, 0.1) is 13.8 Å². The number of rotatable bonds is 3. The molecule has 0 radical (unpaired) electrons. The molecular weight excluding hydrogens is 334 g/mol. The highest BCUT2D eigenvalue weighted by atomic mass is 16.5. The maximum absolute atomic E-state index is 13.2. The first-order valence-electron chi connectivity index (χ1n) is 10.2. The normalized spacial score (nSPS) is 20.2. The number of carbonyl (C=O) groups excluding carboxylic acids is 1. The Bertz CT molecular complexity index is 821. The molecule has 2 aromatic carbocycles. The van der Waals surface area contributed by atoms with Gasteiger partial charge in [0.25, 0.3) is 0 Å². The van der Waals surface area contributed by atoms with Crippen LogP contribution in [0.1, 0.15) is 53.9 Å². The molecule has 3 nitrogen and oxygen atoms in total. The second kappa shape index (κ2) is 7.75. The standard InChI is InChI=1S/C24H29NO2/c1-17-10-11-18(2)23(16-17)27-20-12-14-25(15-13-20)24(26)22-9-5-7-19-6-3-4-8-21(19)22/h3-4,6,8,10-11,16,20,22H,5,7,9,12-15H2,1-2H3/t22-/m0/s1. The lowest BCUT2D eigenvalue weighted by Gasteiger charge is -2.36. The molecule has 1 aliphatic carbocycles. The fourth-order valence-corrected chi connectivity index (χ4v) is 4.44. The van der Waals surface area contributed by atoms with Gasteiger partial charge in [0.05, 0.1) is 5.92 Å². The first-order valence-corrected chi connectivity index (χ1v) is 10.2. The number of likely N-dealkylation sites (tertiary alicyclic amines) is 1. The molecule has 142 valence electrons. The van der Waals surface area contributed by atoms with Crippen LogP contribution in [-0.2, 0) is 11.2 Å². The quantitative estimate of drug-likeness (QED) is 0.784. The molecule has 0 bridgehead atoms. The Morgan fingerprint density at radius 1 is 1.04 bits per heavy atom. The first-order chi connectivity index (χ1) is 13.1. The molecule has 2 aromatic rings. The van der Waals surface area contributed by atoms with Crippen molar-refractivity contribution in [2.24, 2.45) is 0 Å². The monoisotopic (exact) mass is 363 g/mol. The average Bonchev–Trinajstić information content (AvgIpc) is 2.70. The van der Waals surface area contributed by atoms with E-state index in [-0.39, 0.29) is 12.0 Å².